The van der Waals surface area contributed by atoms with Gasteiger partial charge in [0.2, 0.25) is 17.2 Å². The SMILES string of the molecule is CCN(CCCOCCOCCOCCOCCOCCOCCN)[C@H]1CO[C@@H](O[C@H]2[C@H](O[C@H]3C#C/C=C/C#C[C@]4(O)CC(=O)C(NC(=O)OC)=C3/C4=C\CSSC3CCN(C)CC3)O[C@H](C)[C@@H](NO[C@H]3C[C@H](O)[C@H](SC(=O)c4c(C)c(I)c(O[C@@H]5O[C@@H](C)[C@H](O)[C@@H](OC)[C@H]5O)c(OC)c4OC)[C@@H](C)O3)[C@@H]2O)C[C@@H]1OC. The highest BCUT2D eigenvalue weighted by Crippen LogP contribution is 2.49. The predicted molar refractivity (Wildman–Crippen MR) is 419 cm³/mol. The number of Topliss-reactive ketones (excluding diaryl/α,β-unsaturated/α-hetero) is 1. The fourth-order valence-electron chi connectivity index (χ4n) is 13.7. The van der Waals surface area contributed by atoms with E-state index in [1.54, 1.807) is 62.5 Å². The van der Waals surface area contributed by atoms with E-state index in [1.807, 2.05) is 29.5 Å². The average Bonchev–Trinajstić information content (AvgIpc) is 0.760. The molecule has 0 saturated carbocycles. The molecule has 0 radical (unpaired) electrons. The summed E-state index contributed by atoms with van der Waals surface area (Å²) in [6, 6.07) is -1.37. The second-order valence-corrected chi connectivity index (χ2v) is 32.2. The third-order valence-corrected chi connectivity index (χ3v) is 25.3. The number of nitrogens with zero attached hydrogens (tertiary/aromatic N) is 2. The van der Waals surface area contributed by atoms with Gasteiger partial charge in [0, 0.05) is 68.9 Å². The molecule has 9 N–H and O–H groups in total. The van der Waals surface area contributed by atoms with Crippen LogP contribution < -0.4 is 30.7 Å². The number of nitrogens with one attached hydrogen (secondary N) is 2. The number of benzene rings is 1. The highest BCUT2D eigenvalue weighted by atomic mass is 127. The topological polar surface area (TPSA) is 384 Å². The summed E-state index contributed by atoms with van der Waals surface area (Å²) in [4.78, 5) is 53.1. The summed E-state index contributed by atoms with van der Waals surface area (Å²) >= 11 is 2.83. The Labute approximate surface area is 676 Å². The number of thioether (sulfide) groups is 1. The number of hydrogen-bond acceptors (Lipinski definition) is 34. The Kier molecular flexibility index (Phi) is 39.9. The number of nitrogens with two attached hydrogens (primary N) is 1. The quantitative estimate of drug-likeness (QED) is 0.0153. The predicted octanol–water partition coefficient (Wildman–Crippen LogP) is 3.17. The Morgan fingerprint density at radius 1 is 0.775 bits per heavy atom. The van der Waals surface area contributed by atoms with Crippen LogP contribution in [0.2, 0.25) is 0 Å². The molecule has 7 aliphatic rings. The second-order valence-electron chi connectivity index (χ2n) is 27.3. The van der Waals surface area contributed by atoms with Crippen molar-refractivity contribution in [2.45, 2.75) is 194 Å². The molecule has 0 aromatic heterocycles. The van der Waals surface area contributed by atoms with Gasteiger partial charge in [-0.2, -0.15) is 5.48 Å². The van der Waals surface area contributed by atoms with Crippen molar-refractivity contribution >= 4 is 72.9 Å². The van der Waals surface area contributed by atoms with Crippen molar-refractivity contribution in [2.75, 3.05) is 167 Å². The van der Waals surface area contributed by atoms with Crippen molar-refractivity contribution in [3.63, 3.8) is 0 Å². The molecular weight excluding hydrogens is 1630 g/mol. The summed E-state index contributed by atoms with van der Waals surface area (Å²) in [5.74, 6) is 11.6. The maximum Gasteiger partial charge on any atom is 0.411 e. The van der Waals surface area contributed by atoms with E-state index in [1.165, 1.54) is 33.5 Å². The maximum atomic E-state index is 14.6. The zero-order valence-corrected chi connectivity index (χ0v) is 69.8. The van der Waals surface area contributed by atoms with E-state index < -0.39 is 133 Å². The van der Waals surface area contributed by atoms with Gasteiger partial charge in [0.25, 0.3) is 0 Å². The van der Waals surface area contributed by atoms with Crippen LogP contribution in [0.1, 0.15) is 82.1 Å². The van der Waals surface area contributed by atoms with Gasteiger partial charge in [-0.25, -0.2) is 4.79 Å². The van der Waals surface area contributed by atoms with Crippen LogP contribution in [0.15, 0.2) is 35.1 Å². The van der Waals surface area contributed by atoms with Gasteiger partial charge >= 0.3 is 6.09 Å². The highest BCUT2D eigenvalue weighted by Gasteiger charge is 2.53. The van der Waals surface area contributed by atoms with Crippen molar-refractivity contribution in [1.82, 2.24) is 20.6 Å². The number of ketones is 1. The molecule has 19 atom stereocenters. The van der Waals surface area contributed by atoms with Crippen LogP contribution in [-0.4, -0.2) is 340 Å². The van der Waals surface area contributed by atoms with Crippen LogP contribution in [0.25, 0.3) is 0 Å². The zero-order valence-electron chi connectivity index (χ0n) is 65.2. The summed E-state index contributed by atoms with van der Waals surface area (Å²) in [5.41, 5.74) is 6.72. The van der Waals surface area contributed by atoms with Crippen LogP contribution in [0.4, 0.5) is 4.79 Å². The second kappa shape index (κ2) is 47.7. The summed E-state index contributed by atoms with van der Waals surface area (Å²) in [6.07, 6.45) is -11.6. The molecule has 32 nitrogen and oxygen atoms in total. The molecule has 111 heavy (non-hydrogen) atoms. The first-order valence-electron chi connectivity index (χ1n) is 37.6. The molecule has 2 aliphatic carbocycles. The Hall–Kier alpha value is -3.61. The van der Waals surface area contributed by atoms with Crippen molar-refractivity contribution < 1.29 is 130 Å². The number of hydrogen-bond donors (Lipinski definition) is 8. The van der Waals surface area contributed by atoms with E-state index in [-0.39, 0.29) is 65.1 Å². The number of likely N-dealkylation sites (tertiary alicyclic amines) is 1. The normalized spacial score (nSPS) is 31.3. The molecule has 1 aromatic rings. The first-order valence-corrected chi connectivity index (χ1v) is 41.9. The van der Waals surface area contributed by atoms with E-state index in [0.717, 1.165) is 44.8 Å². The number of alkyl carbamates (subject to hydrolysis) is 1. The van der Waals surface area contributed by atoms with Crippen LogP contribution in [0, 0.1) is 34.2 Å². The molecular formula is C75H114IN5O27S3. The first kappa shape index (κ1) is 92.9. The van der Waals surface area contributed by atoms with Crippen molar-refractivity contribution in [2.24, 2.45) is 5.73 Å². The lowest BCUT2D eigenvalue weighted by atomic mass is 9.75. The molecule has 0 spiro atoms. The number of hydroxylamine groups is 1. The van der Waals surface area contributed by atoms with Crippen LogP contribution in [0.3, 0.4) is 0 Å². The van der Waals surface area contributed by atoms with Gasteiger partial charge in [-0.15, -0.1) is 0 Å². The fourth-order valence-corrected chi connectivity index (χ4v) is 18.0. The number of ether oxygens (including phenoxy) is 18. The zero-order chi connectivity index (χ0) is 80.2. The Morgan fingerprint density at radius 2 is 1.41 bits per heavy atom. The Bertz CT molecular complexity index is 3310. The lowest BCUT2D eigenvalue weighted by Crippen LogP contribution is -2.65. The summed E-state index contributed by atoms with van der Waals surface area (Å²) < 4.78 is 108. The highest BCUT2D eigenvalue weighted by molar-refractivity contribution is 14.1. The molecule has 2 bridgehead atoms. The van der Waals surface area contributed by atoms with Gasteiger partial charge in [0.1, 0.15) is 36.6 Å². The molecule has 1 aromatic carbocycles. The Morgan fingerprint density at radius 3 is 2.03 bits per heavy atom. The van der Waals surface area contributed by atoms with Gasteiger partial charge in [0.05, 0.1) is 170 Å². The van der Waals surface area contributed by atoms with Crippen molar-refractivity contribution in [3.8, 4) is 40.9 Å². The molecule has 36 heteroatoms. The maximum absolute atomic E-state index is 14.6. The number of likely N-dealkylation sites (N-methyl/N-ethyl adjacent to an activating group) is 1. The number of rotatable bonds is 43. The number of halogens is 1. The van der Waals surface area contributed by atoms with E-state index in [0.29, 0.717) is 125 Å². The molecule has 8 rings (SSSR count). The molecule has 0 unspecified atom stereocenters. The molecule has 5 aliphatic heterocycles. The fraction of sp³-hybridized carbons (Fsp3) is 0.747. The van der Waals surface area contributed by atoms with E-state index >= 15 is 0 Å². The Balaban J connectivity index is 0.957. The smallest absolute Gasteiger partial charge is 0.411 e. The summed E-state index contributed by atoms with van der Waals surface area (Å²) in [7, 11) is 12.3. The minimum absolute atomic E-state index is 0.0135. The minimum atomic E-state index is -2.09. The number of carbonyl (C=O) groups is 3. The standard InChI is InChI=1S/C75H114IN5O27S3/c1-12-81(24-17-27-95-29-31-97-33-35-99-37-38-100-36-34-98-32-30-96-28-23-77)50-43-101-55(41-54(50)90-7)106-68-63(85)60(45(3)103-73(68)105-53-18-15-13-14-16-22-75(89)42-52(83)61(78-74(88)94-11)58(53)49(75)21-39-109-111-48-19-25-80(6)26-20-48)79-108-56-40-51(82)70(47(5)102-56)110-71(87)57-44(2)59(76)66(69(93-10)65(57)91-8)107-72-64(86)67(92-9)62(84)46(4)104-72/h13-14,21,45-48,50-51,53-56,60,62-64,67-68,70,72-73,79,82,84-86,89H,12,17,19-20,23-43,77H2,1-11H3,(H,78,88)/b14-13+,49-21+/t45-,46+,47-,50+,51+,53+,54+,55+,56+,60-,62+,63+,64-,67-,68-,70-,72+,73+,75+/m1/s1. The molecule has 5 saturated heterocycles. The molecule has 626 valence electrons. The third-order valence-electron chi connectivity index (χ3n) is 19.8. The monoisotopic (exact) mass is 1740 g/mol. The van der Waals surface area contributed by atoms with Gasteiger partial charge in [-0.3, -0.25) is 24.6 Å². The van der Waals surface area contributed by atoms with Gasteiger partial charge in [0.15, 0.2) is 41.8 Å². The largest absolute Gasteiger partial charge is 0.492 e. The van der Waals surface area contributed by atoms with Gasteiger partial charge < -0.3 is 121 Å². The molecule has 1 amide bonds. The van der Waals surface area contributed by atoms with E-state index in [4.69, 9.17) is 95.8 Å². The van der Waals surface area contributed by atoms with Crippen molar-refractivity contribution in [1.29, 1.82) is 0 Å². The lowest BCUT2D eigenvalue weighted by Gasteiger charge is -2.47. The number of allylic oxidation sites excluding steroid dienone is 3. The van der Waals surface area contributed by atoms with Crippen molar-refractivity contribution in [3.05, 3.63) is 49.8 Å². The molecule has 5 heterocycles. The number of amides is 1. The van der Waals surface area contributed by atoms with Gasteiger partial charge in [-0.1, -0.05) is 70.0 Å². The number of carbonyl (C=O) groups excluding carboxylic acids is 3. The summed E-state index contributed by atoms with van der Waals surface area (Å²) in [6.45, 7) is 18.0. The number of fused-ring (bicyclic) bond motifs is 2. The van der Waals surface area contributed by atoms with Gasteiger partial charge in [-0.05, 0) is 114 Å². The third kappa shape index (κ3) is 26.2. The lowest BCUT2D eigenvalue weighted by molar-refractivity contribution is -0.337. The van der Waals surface area contributed by atoms with E-state index in [9.17, 15) is 39.9 Å². The number of methoxy groups -OCH3 is 5. The average molecular weight is 1740 g/mol. The van der Waals surface area contributed by atoms with E-state index in [2.05, 4.69) is 51.3 Å². The molecule has 5 fully saturated rings. The van der Waals surface area contributed by atoms with Crippen LogP contribution in [-0.2, 0) is 80.7 Å². The van der Waals surface area contributed by atoms with Crippen LogP contribution in [0.5, 0.6) is 17.2 Å². The minimum Gasteiger partial charge on any atom is -0.492 e. The number of aliphatic hydroxyl groups is 5. The van der Waals surface area contributed by atoms with Crippen LogP contribution >= 0.6 is 55.9 Å². The summed E-state index contributed by atoms with van der Waals surface area (Å²) in [5, 5.41) is 60.9. The number of aliphatic hydroxyl groups excluding tert-OH is 4. The first-order chi connectivity index (χ1) is 53.5. The number of piperidine rings is 1.